The maximum absolute atomic E-state index is 14.5. The zero-order valence-electron chi connectivity index (χ0n) is 16.0. The molecule has 0 amide bonds. The lowest BCUT2D eigenvalue weighted by Crippen LogP contribution is -2.04. The summed E-state index contributed by atoms with van der Waals surface area (Å²) in [7, 11) is 0. The fraction of sp³-hybridized carbons (Fsp3) is 0.125. The predicted octanol–water partition coefficient (Wildman–Crippen LogP) is 7.27. The summed E-state index contributed by atoms with van der Waals surface area (Å²) < 4.78 is 34.0. The molecule has 0 aliphatic heterocycles. The van der Waals surface area contributed by atoms with Crippen molar-refractivity contribution in [3.63, 3.8) is 0 Å². The van der Waals surface area contributed by atoms with Crippen LogP contribution in [0.1, 0.15) is 27.7 Å². The molecule has 0 atom stereocenters. The molecule has 0 saturated heterocycles. The number of ether oxygens (including phenoxy) is 1. The zero-order chi connectivity index (χ0) is 21.3. The van der Waals surface area contributed by atoms with Gasteiger partial charge in [-0.3, -0.25) is 0 Å². The summed E-state index contributed by atoms with van der Waals surface area (Å²) in [6.07, 6.45) is 0.443. The van der Waals surface area contributed by atoms with Crippen molar-refractivity contribution in [1.29, 1.82) is 0 Å². The Bertz CT molecular complexity index is 1230. The van der Waals surface area contributed by atoms with E-state index >= 15 is 0 Å². The van der Waals surface area contributed by atoms with Gasteiger partial charge in [0.2, 0.25) is 0 Å². The zero-order valence-corrected chi connectivity index (χ0v) is 17.6. The van der Waals surface area contributed by atoms with Crippen molar-refractivity contribution >= 4 is 39.0 Å². The number of hydrogen-bond donors (Lipinski definition) is 0. The maximum Gasteiger partial charge on any atom is 0.338 e. The highest BCUT2D eigenvalue weighted by atomic mass is 35.5. The van der Waals surface area contributed by atoms with Crippen molar-refractivity contribution in [2.75, 3.05) is 6.61 Å². The van der Waals surface area contributed by atoms with Gasteiger partial charge in [-0.2, -0.15) is 0 Å². The summed E-state index contributed by atoms with van der Waals surface area (Å²) in [5.41, 5.74) is 2.79. The SMILES string of the molecule is CCOC(=O)c1cccc(-c2ccc(F)c3cc(Cc4cc(F)cc(Cl)c4)sc23)c1. The summed E-state index contributed by atoms with van der Waals surface area (Å²) >= 11 is 7.40. The van der Waals surface area contributed by atoms with Crippen LogP contribution in [0.15, 0.2) is 60.7 Å². The monoisotopic (exact) mass is 442 g/mol. The van der Waals surface area contributed by atoms with Gasteiger partial charge >= 0.3 is 5.97 Å². The van der Waals surface area contributed by atoms with E-state index < -0.39 is 11.8 Å². The largest absolute Gasteiger partial charge is 0.462 e. The molecule has 4 rings (SSSR count). The lowest BCUT2D eigenvalue weighted by molar-refractivity contribution is 0.0526. The van der Waals surface area contributed by atoms with E-state index in [0.29, 0.717) is 29.0 Å². The molecule has 0 unspecified atom stereocenters. The van der Waals surface area contributed by atoms with Crippen LogP contribution in [0.25, 0.3) is 21.2 Å². The Labute approximate surface area is 181 Å². The standard InChI is InChI=1S/C24H17ClF2O2S/c1-2-29-24(28)16-5-3-4-15(11-16)20-6-7-22(27)21-13-19(30-23(20)21)10-14-8-17(25)12-18(26)9-14/h3-9,11-13H,2,10H2,1H3. The number of rotatable bonds is 5. The molecule has 0 fully saturated rings. The molecular formula is C24H17ClF2O2S. The molecule has 6 heteroatoms. The molecule has 1 aromatic heterocycles. The second-order valence-electron chi connectivity index (χ2n) is 6.81. The van der Waals surface area contributed by atoms with Gasteiger partial charge in [-0.1, -0.05) is 29.8 Å². The minimum absolute atomic E-state index is 0.294. The quantitative estimate of drug-likeness (QED) is 0.304. The fourth-order valence-electron chi connectivity index (χ4n) is 3.40. The van der Waals surface area contributed by atoms with Crippen molar-refractivity contribution in [3.05, 3.63) is 93.3 Å². The minimum atomic E-state index is -0.402. The van der Waals surface area contributed by atoms with Gasteiger partial charge in [0.15, 0.2) is 0 Å². The number of hydrogen-bond acceptors (Lipinski definition) is 3. The number of fused-ring (bicyclic) bond motifs is 1. The Kier molecular flexibility index (Phi) is 5.84. The summed E-state index contributed by atoms with van der Waals surface area (Å²) in [5, 5.41) is 0.824. The Morgan fingerprint density at radius 1 is 1.07 bits per heavy atom. The van der Waals surface area contributed by atoms with Crippen molar-refractivity contribution in [3.8, 4) is 11.1 Å². The predicted molar refractivity (Wildman–Crippen MR) is 117 cm³/mol. The van der Waals surface area contributed by atoms with Crippen molar-refractivity contribution in [1.82, 2.24) is 0 Å². The van der Waals surface area contributed by atoms with E-state index in [1.165, 1.54) is 29.5 Å². The van der Waals surface area contributed by atoms with E-state index in [1.54, 1.807) is 43.3 Å². The van der Waals surface area contributed by atoms with Gasteiger partial charge in [-0.15, -0.1) is 11.3 Å². The average molecular weight is 443 g/mol. The molecule has 30 heavy (non-hydrogen) atoms. The lowest BCUT2D eigenvalue weighted by atomic mass is 10.0. The van der Waals surface area contributed by atoms with E-state index in [2.05, 4.69) is 0 Å². The van der Waals surface area contributed by atoms with E-state index in [4.69, 9.17) is 16.3 Å². The van der Waals surface area contributed by atoms with E-state index in [9.17, 15) is 13.6 Å². The number of carbonyl (C=O) groups excluding carboxylic acids is 1. The number of esters is 1. The second kappa shape index (κ2) is 8.54. The van der Waals surface area contributed by atoms with Crippen LogP contribution in [-0.2, 0) is 11.2 Å². The Morgan fingerprint density at radius 2 is 1.90 bits per heavy atom. The molecule has 0 saturated carbocycles. The summed E-state index contributed by atoms with van der Waals surface area (Å²) in [6.45, 7) is 2.05. The average Bonchev–Trinajstić information content (AvgIpc) is 3.12. The molecular weight excluding hydrogens is 426 g/mol. The second-order valence-corrected chi connectivity index (χ2v) is 8.38. The first-order valence-corrected chi connectivity index (χ1v) is 10.6. The third-order valence-electron chi connectivity index (χ3n) is 4.67. The summed E-state index contributed by atoms with van der Waals surface area (Å²) in [6, 6.07) is 16.4. The molecule has 2 nitrogen and oxygen atoms in total. The first-order valence-electron chi connectivity index (χ1n) is 9.38. The Balaban J connectivity index is 1.76. The molecule has 0 bridgehead atoms. The molecule has 4 aromatic rings. The molecule has 1 heterocycles. The fourth-order valence-corrected chi connectivity index (χ4v) is 4.88. The highest BCUT2D eigenvalue weighted by Gasteiger charge is 2.15. The number of carbonyl (C=O) groups is 1. The molecule has 0 aliphatic rings. The summed E-state index contributed by atoms with van der Waals surface area (Å²) in [4.78, 5) is 13.0. The van der Waals surface area contributed by atoms with Gasteiger partial charge in [0, 0.05) is 26.4 Å². The van der Waals surface area contributed by atoms with E-state index in [0.717, 1.165) is 26.3 Å². The minimum Gasteiger partial charge on any atom is -0.462 e. The lowest BCUT2D eigenvalue weighted by Gasteiger charge is -2.07. The van der Waals surface area contributed by atoms with E-state index in [-0.39, 0.29) is 5.82 Å². The number of thiophene rings is 1. The van der Waals surface area contributed by atoms with Crippen LogP contribution in [0.3, 0.4) is 0 Å². The van der Waals surface area contributed by atoms with Gasteiger partial charge in [-0.25, -0.2) is 13.6 Å². The van der Waals surface area contributed by atoms with Crippen molar-refractivity contribution in [2.45, 2.75) is 13.3 Å². The van der Waals surface area contributed by atoms with Gasteiger partial charge in [0.1, 0.15) is 11.6 Å². The van der Waals surface area contributed by atoms with Crippen LogP contribution in [0.2, 0.25) is 5.02 Å². The molecule has 3 aromatic carbocycles. The normalized spacial score (nSPS) is 11.1. The highest BCUT2D eigenvalue weighted by molar-refractivity contribution is 7.19. The highest BCUT2D eigenvalue weighted by Crippen LogP contribution is 2.37. The molecule has 0 N–H and O–H groups in total. The topological polar surface area (TPSA) is 26.3 Å². The van der Waals surface area contributed by atoms with Gasteiger partial charge in [0.05, 0.1) is 12.2 Å². The maximum atomic E-state index is 14.5. The van der Waals surface area contributed by atoms with Crippen molar-refractivity contribution in [2.24, 2.45) is 0 Å². The first kappa shape index (κ1) is 20.5. The number of benzene rings is 3. The van der Waals surface area contributed by atoms with Crippen LogP contribution in [0, 0.1) is 11.6 Å². The Hall–Kier alpha value is -2.76. The van der Waals surface area contributed by atoms with Gasteiger partial charge in [-0.05, 0) is 66.1 Å². The van der Waals surface area contributed by atoms with Crippen LogP contribution in [0.4, 0.5) is 8.78 Å². The van der Waals surface area contributed by atoms with Crippen LogP contribution >= 0.6 is 22.9 Å². The molecule has 152 valence electrons. The molecule has 0 aliphatic carbocycles. The molecule has 0 spiro atoms. The van der Waals surface area contributed by atoms with Gasteiger partial charge in [0.25, 0.3) is 0 Å². The molecule has 0 radical (unpaired) electrons. The first-order chi connectivity index (χ1) is 14.4. The van der Waals surface area contributed by atoms with Crippen LogP contribution in [0.5, 0.6) is 0 Å². The van der Waals surface area contributed by atoms with Gasteiger partial charge < -0.3 is 4.74 Å². The third kappa shape index (κ3) is 4.23. The smallest absolute Gasteiger partial charge is 0.338 e. The van der Waals surface area contributed by atoms with Crippen molar-refractivity contribution < 1.29 is 18.3 Å². The summed E-state index contributed by atoms with van der Waals surface area (Å²) in [5.74, 6) is -1.12. The van der Waals surface area contributed by atoms with Crippen LogP contribution < -0.4 is 0 Å². The third-order valence-corrected chi connectivity index (χ3v) is 6.05. The van der Waals surface area contributed by atoms with E-state index in [1.807, 2.05) is 6.07 Å². The Morgan fingerprint density at radius 3 is 2.67 bits per heavy atom. The number of halogens is 3. The van der Waals surface area contributed by atoms with Crippen LogP contribution in [-0.4, -0.2) is 12.6 Å².